The van der Waals surface area contributed by atoms with Crippen molar-refractivity contribution < 1.29 is 4.79 Å². The molecule has 6 heteroatoms. The van der Waals surface area contributed by atoms with Crippen molar-refractivity contribution in [3.63, 3.8) is 0 Å². The summed E-state index contributed by atoms with van der Waals surface area (Å²) in [4.78, 5) is 10.9. The van der Waals surface area contributed by atoms with Crippen LogP contribution in [-0.4, -0.2) is 22.6 Å². The largest absolute Gasteiger partial charge is 0.368 e. The van der Waals surface area contributed by atoms with E-state index in [1.807, 2.05) is 0 Å². The monoisotopic (exact) mass is 298 g/mol. The minimum Gasteiger partial charge on any atom is -0.368 e. The molecule has 5 nitrogen and oxygen atoms in total. The van der Waals surface area contributed by atoms with Crippen LogP contribution in [0.3, 0.4) is 0 Å². The summed E-state index contributed by atoms with van der Waals surface area (Å²) < 4.78 is 1.30. The van der Waals surface area contributed by atoms with Crippen molar-refractivity contribution in [3.05, 3.63) is 53.0 Å². The Balaban J connectivity index is 1.62. The lowest BCUT2D eigenvalue weighted by atomic mass is 10.1. The first kappa shape index (κ1) is 13.5. The Kier molecular flexibility index (Phi) is 3.79. The van der Waals surface area contributed by atoms with Crippen LogP contribution in [0.5, 0.6) is 0 Å². The summed E-state index contributed by atoms with van der Waals surface area (Å²) in [6.07, 6.45) is 0.906. The number of rotatable bonds is 5. The van der Waals surface area contributed by atoms with E-state index in [2.05, 4.69) is 45.2 Å². The summed E-state index contributed by atoms with van der Waals surface area (Å²) in [6, 6.07) is 11.7. The molecule has 1 amide bonds. The van der Waals surface area contributed by atoms with Crippen molar-refractivity contribution in [1.82, 2.24) is 10.2 Å². The fourth-order valence-corrected chi connectivity index (χ4v) is 3.11. The summed E-state index contributed by atoms with van der Waals surface area (Å²) in [5, 5.41) is 14.4. The molecule has 3 N–H and O–H groups in total. The molecule has 0 unspecified atom stereocenters. The van der Waals surface area contributed by atoms with Crippen LogP contribution in [0.4, 0.5) is 5.82 Å². The number of carbonyl (C=O) groups excluding carboxylic acids is 1. The van der Waals surface area contributed by atoms with Gasteiger partial charge in [0.1, 0.15) is 5.82 Å². The predicted octanol–water partition coefficient (Wildman–Crippen LogP) is 2.44. The van der Waals surface area contributed by atoms with E-state index < -0.39 is 5.91 Å². The quantitative estimate of drug-likeness (QED) is 0.758. The molecule has 2 heterocycles. The molecule has 106 valence electrons. The molecule has 0 aliphatic carbocycles. The SMILES string of the molecule is NC(=O)c1ccc(NCCc2csc3ccccc23)nn1. The third kappa shape index (κ3) is 3.00. The third-order valence-electron chi connectivity index (χ3n) is 3.18. The minimum absolute atomic E-state index is 0.171. The molecule has 0 bridgehead atoms. The first-order valence-electron chi connectivity index (χ1n) is 6.56. The van der Waals surface area contributed by atoms with Gasteiger partial charge in [-0.3, -0.25) is 4.79 Å². The van der Waals surface area contributed by atoms with Gasteiger partial charge in [-0.2, -0.15) is 0 Å². The summed E-state index contributed by atoms with van der Waals surface area (Å²) in [5.41, 5.74) is 6.61. The molecule has 2 aromatic heterocycles. The van der Waals surface area contributed by atoms with E-state index in [0.29, 0.717) is 5.82 Å². The topological polar surface area (TPSA) is 80.9 Å². The zero-order valence-electron chi connectivity index (χ0n) is 11.2. The molecular formula is C15H14N4OS. The number of nitrogens with one attached hydrogen (secondary N) is 1. The maximum absolute atomic E-state index is 10.9. The normalized spacial score (nSPS) is 10.7. The maximum atomic E-state index is 10.9. The van der Waals surface area contributed by atoms with Gasteiger partial charge >= 0.3 is 0 Å². The van der Waals surface area contributed by atoms with Crippen LogP contribution in [0.1, 0.15) is 16.1 Å². The molecule has 3 rings (SSSR count). The van der Waals surface area contributed by atoms with Gasteiger partial charge in [-0.05, 0) is 40.9 Å². The third-order valence-corrected chi connectivity index (χ3v) is 4.19. The van der Waals surface area contributed by atoms with Gasteiger partial charge in [-0.1, -0.05) is 18.2 Å². The van der Waals surface area contributed by atoms with Crippen molar-refractivity contribution in [1.29, 1.82) is 0 Å². The highest BCUT2D eigenvalue weighted by Gasteiger charge is 2.05. The predicted molar refractivity (Wildman–Crippen MR) is 84.6 cm³/mol. The smallest absolute Gasteiger partial charge is 0.269 e. The maximum Gasteiger partial charge on any atom is 0.269 e. The van der Waals surface area contributed by atoms with Gasteiger partial charge in [0, 0.05) is 11.2 Å². The van der Waals surface area contributed by atoms with Gasteiger partial charge in [-0.15, -0.1) is 21.5 Å². The molecule has 0 aliphatic heterocycles. The summed E-state index contributed by atoms with van der Waals surface area (Å²) >= 11 is 1.76. The summed E-state index contributed by atoms with van der Waals surface area (Å²) in [5.74, 6) is 0.0679. The lowest BCUT2D eigenvalue weighted by Gasteiger charge is -2.04. The Morgan fingerprint density at radius 2 is 2.05 bits per heavy atom. The van der Waals surface area contributed by atoms with Crippen LogP contribution in [0.2, 0.25) is 0 Å². The summed E-state index contributed by atoms with van der Waals surface area (Å²) in [6.45, 7) is 0.755. The van der Waals surface area contributed by atoms with Gasteiger partial charge < -0.3 is 11.1 Å². The van der Waals surface area contributed by atoms with Crippen molar-refractivity contribution in [2.75, 3.05) is 11.9 Å². The van der Waals surface area contributed by atoms with E-state index in [9.17, 15) is 4.79 Å². The standard InChI is InChI=1S/C15H14N4OS/c16-15(20)12-5-6-14(19-18-12)17-8-7-10-9-21-13-4-2-1-3-11(10)13/h1-6,9H,7-8H2,(H2,16,20)(H,17,19). The average molecular weight is 298 g/mol. The number of thiophene rings is 1. The lowest BCUT2D eigenvalue weighted by Crippen LogP contribution is -2.14. The van der Waals surface area contributed by atoms with Crippen LogP contribution in [0.25, 0.3) is 10.1 Å². The van der Waals surface area contributed by atoms with Gasteiger partial charge in [0.2, 0.25) is 0 Å². The highest BCUT2D eigenvalue weighted by molar-refractivity contribution is 7.17. The number of hydrogen-bond acceptors (Lipinski definition) is 5. The fourth-order valence-electron chi connectivity index (χ4n) is 2.11. The average Bonchev–Trinajstić information content (AvgIpc) is 2.91. The highest BCUT2D eigenvalue weighted by atomic mass is 32.1. The molecule has 0 saturated carbocycles. The molecule has 3 aromatic rings. The molecule has 0 aliphatic rings. The second-order valence-electron chi connectivity index (χ2n) is 4.60. The number of carbonyl (C=O) groups is 1. The zero-order valence-corrected chi connectivity index (χ0v) is 12.1. The van der Waals surface area contributed by atoms with Crippen molar-refractivity contribution in [2.45, 2.75) is 6.42 Å². The first-order valence-corrected chi connectivity index (χ1v) is 7.44. The van der Waals surface area contributed by atoms with E-state index in [1.165, 1.54) is 15.6 Å². The molecule has 21 heavy (non-hydrogen) atoms. The second kappa shape index (κ2) is 5.88. The van der Waals surface area contributed by atoms with Gasteiger partial charge in [-0.25, -0.2) is 0 Å². The Morgan fingerprint density at radius 1 is 1.19 bits per heavy atom. The summed E-state index contributed by atoms with van der Waals surface area (Å²) in [7, 11) is 0. The number of nitrogens with two attached hydrogens (primary N) is 1. The second-order valence-corrected chi connectivity index (χ2v) is 5.51. The van der Waals surface area contributed by atoms with Crippen LogP contribution in [-0.2, 0) is 6.42 Å². The Labute approximate surface area is 125 Å². The number of nitrogens with zero attached hydrogens (tertiary/aromatic N) is 2. The number of aromatic nitrogens is 2. The van der Waals surface area contributed by atoms with Gasteiger partial charge in [0.05, 0.1) is 0 Å². The minimum atomic E-state index is -0.571. The van der Waals surface area contributed by atoms with E-state index >= 15 is 0 Å². The van der Waals surface area contributed by atoms with E-state index in [1.54, 1.807) is 23.5 Å². The number of hydrogen-bond donors (Lipinski definition) is 2. The molecule has 0 radical (unpaired) electrons. The van der Waals surface area contributed by atoms with Crippen LogP contribution in [0.15, 0.2) is 41.8 Å². The zero-order chi connectivity index (χ0) is 14.7. The molecule has 1 aromatic carbocycles. The van der Waals surface area contributed by atoms with Crippen molar-refractivity contribution >= 4 is 33.1 Å². The van der Waals surface area contributed by atoms with Crippen LogP contribution < -0.4 is 11.1 Å². The number of fused-ring (bicyclic) bond motifs is 1. The first-order chi connectivity index (χ1) is 10.2. The molecular weight excluding hydrogens is 284 g/mol. The van der Waals surface area contributed by atoms with Crippen molar-refractivity contribution in [3.8, 4) is 0 Å². The lowest BCUT2D eigenvalue weighted by molar-refractivity contribution is 0.0994. The fraction of sp³-hybridized carbons (Fsp3) is 0.133. The number of benzene rings is 1. The van der Waals surface area contributed by atoms with Crippen LogP contribution in [0, 0.1) is 0 Å². The van der Waals surface area contributed by atoms with E-state index in [0.717, 1.165) is 13.0 Å². The molecule has 0 saturated heterocycles. The molecule has 0 spiro atoms. The molecule has 0 fully saturated rings. The van der Waals surface area contributed by atoms with E-state index in [4.69, 9.17) is 5.73 Å². The van der Waals surface area contributed by atoms with E-state index in [-0.39, 0.29) is 5.69 Å². The van der Waals surface area contributed by atoms with Gasteiger partial charge in [0.25, 0.3) is 5.91 Å². The van der Waals surface area contributed by atoms with Gasteiger partial charge in [0.15, 0.2) is 5.69 Å². The molecule has 0 atom stereocenters. The number of amides is 1. The number of primary amides is 1. The van der Waals surface area contributed by atoms with Crippen LogP contribution >= 0.6 is 11.3 Å². The highest BCUT2D eigenvalue weighted by Crippen LogP contribution is 2.25. The van der Waals surface area contributed by atoms with Crippen molar-refractivity contribution in [2.24, 2.45) is 5.73 Å². The number of anilines is 1. The Morgan fingerprint density at radius 3 is 2.81 bits per heavy atom. The Bertz CT molecular complexity index is 767. The Hall–Kier alpha value is -2.47.